The Labute approximate surface area is 201 Å². The number of H-pyrrole nitrogens is 1. The van der Waals surface area contributed by atoms with Gasteiger partial charge in [-0.15, -0.1) is 0 Å². The van der Waals surface area contributed by atoms with E-state index >= 15 is 0 Å². The van der Waals surface area contributed by atoms with Crippen LogP contribution in [0.15, 0.2) is 42.6 Å². The topological polar surface area (TPSA) is 170 Å². The number of carbonyl (C=O) groups is 2. The smallest absolute Gasteiger partial charge is 0.259 e. The average Bonchev–Trinajstić information content (AvgIpc) is 3.52. The first-order chi connectivity index (χ1) is 17.4. The first kappa shape index (κ1) is 21.4. The Morgan fingerprint density at radius 1 is 0.917 bits per heavy atom. The van der Waals surface area contributed by atoms with E-state index in [4.69, 9.17) is 4.74 Å². The van der Waals surface area contributed by atoms with Crippen LogP contribution < -0.4 is 5.32 Å². The monoisotopic (exact) mass is 488 g/mol. The summed E-state index contributed by atoms with van der Waals surface area (Å²) in [6.45, 7) is -0.587. The average molecular weight is 488 g/mol. The van der Waals surface area contributed by atoms with Crippen molar-refractivity contribution in [1.29, 1.82) is 0 Å². The minimum atomic E-state index is -1.60. The number of hydrogen-bond acceptors (Lipinski definition) is 8. The Kier molecular flexibility index (Phi) is 4.36. The second-order valence-electron chi connectivity index (χ2n) is 9.14. The molecule has 0 radical (unpaired) electrons. The maximum atomic E-state index is 13.1. The summed E-state index contributed by atoms with van der Waals surface area (Å²) in [5.41, 5.74) is 2.45. The van der Waals surface area contributed by atoms with Crippen LogP contribution in [0.2, 0.25) is 0 Å². The van der Waals surface area contributed by atoms with Crippen LogP contribution in [0.5, 0.6) is 0 Å². The van der Waals surface area contributed by atoms with Gasteiger partial charge in [0.25, 0.3) is 11.8 Å². The van der Waals surface area contributed by atoms with Gasteiger partial charge in [0.1, 0.15) is 30.1 Å². The summed E-state index contributed by atoms with van der Waals surface area (Å²) < 4.78 is 7.58. The van der Waals surface area contributed by atoms with Crippen LogP contribution >= 0.6 is 0 Å². The van der Waals surface area contributed by atoms with Crippen molar-refractivity contribution >= 4 is 55.6 Å². The largest absolute Gasteiger partial charge is 0.394 e. The molecule has 6 N–H and O–H groups in total. The normalized spacial score (nSPS) is 26.4. The second-order valence-corrected chi connectivity index (χ2v) is 9.14. The van der Waals surface area contributed by atoms with Gasteiger partial charge in [0.15, 0.2) is 6.23 Å². The van der Waals surface area contributed by atoms with E-state index in [1.807, 2.05) is 0 Å². The quantitative estimate of drug-likeness (QED) is 0.197. The molecule has 11 nitrogen and oxygen atoms in total. The number of nitrogens with one attached hydrogen (secondary N) is 2. The number of aromatic nitrogens is 3. The summed E-state index contributed by atoms with van der Waals surface area (Å²) in [4.78, 5) is 33.8. The zero-order valence-corrected chi connectivity index (χ0v) is 18.5. The van der Waals surface area contributed by atoms with Gasteiger partial charge in [-0.05, 0) is 18.2 Å². The molecule has 2 aliphatic heterocycles. The molecule has 0 bridgehead atoms. The van der Waals surface area contributed by atoms with E-state index in [-0.39, 0.29) is 11.1 Å². The second kappa shape index (κ2) is 7.32. The molecule has 36 heavy (non-hydrogen) atoms. The highest BCUT2D eigenvalue weighted by molar-refractivity contribution is 6.39. The number of carbonyl (C=O) groups excluding carboxylic acids is 2. The lowest BCUT2D eigenvalue weighted by Gasteiger charge is -2.41. The fourth-order valence-electron chi connectivity index (χ4n) is 5.71. The van der Waals surface area contributed by atoms with Crippen LogP contribution in [-0.4, -0.2) is 77.8 Å². The summed E-state index contributed by atoms with van der Waals surface area (Å²) >= 11 is 0. The third-order valence-corrected chi connectivity index (χ3v) is 7.27. The van der Waals surface area contributed by atoms with Crippen LogP contribution in [0.4, 0.5) is 0 Å². The van der Waals surface area contributed by atoms with Gasteiger partial charge in [0, 0.05) is 27.7 Å². The van der Waals surface area contributed by atoms with Crippen LogP contribution in [-0.2, 0) is 4.74 Å². The van der Waals surface area contributed by atoms with Gasteiger partial charge in [-0.3, -0.25) is 14.9 Å². The molecular formula is C25H20N4O7. The van der Waals surface area contributed by atoms with Gasteiger partial charge in [-0.25, -0.2) is 4.98 Å². The molecule has 2 amide bonds. The summed E-state index contributed by atoms with van der Waals surface area (Å²) in [5.74, 6) is -1.06. The molecule has 1 unspecified atom stereocenters. The van der Waals surface area contributed by atoms with Gasteiger partial charge in [-0.1, -0.05) is 18.2 Å². The third kappa shape index (κ3) is 2.55. The third-order valence-electron chi connectivity index (χ3n) is 7.27. The van der Waals surface area contributed by atoms with Crippen molar-refractivity contribution in [2.45, 2.75) is 30.6 Å². The van der Waals surface area contributed by atoms with Crippen molar-refractivity contribution in [3.8, 4) is 0 Å². The number of benzene rings is 2. The van der Waals surface area contributed by atoms with E-state index in [0.717, 1.165) is 0 Å². The molecule has 0 aliphatic carbocycles. The SMILES string of the molecule is O=C1NC(=O)c2c1c1c3cccnc3[nH]c1c1c2c2ccccc2n1C1O[C@H](CO)[C@@H](O)[C@H](O)[C@H]1O. The number of imide groups is 1. The van der Waals surface area contributed by atoms with Gasteiger partial charge in [-0.2, -0.15) is 0 Å². The van der Waals surface area contributed by atoms with E-state index in [1.165, 1.54) is 0 Å². The van der Waals surface area contributed by atoms with Crippen molar-refractivity contribution in [3.63, 3.8) is 0 Å². The number of fused-ring (bicyclic) bond motifs is 10. The Morgan fingerprint density at radius 3 is 2.42 bits per heavy atom. The maximum Gasteiger partial charge on any atom is 0.259 e. The zero-order chi connectivity index (χ0) is 24.9. The van der Waals surface area contributed by atoms with Crippen molar-refractivity contribution in [2.24, 2.45) is 0 Å². The highest BCUT2D eigenvalue weighted by Gasteiger charge is 2.46. The summed E-state index contributed by atoms with van der Waals surface area (Å²) in [5, 5.41) is 46.3. The van der Waals surface area contributed by atoms with Gasteiger partial charge in [0.05, 0.1) is 34.3 Å². The van der Waals surface area contributed by atoms with Gasteiger partial charge in [0.2, 0.25) is 0 Å². The summed E-state index contributed by atoms with van der Waals surface area (Å²) in [7, 11) is 0. The number of hydrogen-bond donors (Lipinski definition) is 6. The molecule has 0 saturated carbocycles. The van der Waals surface area contributed by atoms with E-state index in [2.05, 4.69) is 15.3 Å². The lowest BCUT2D eigenvalue weighted by atomic mass is 9.96. The van der Waals surface area contributed by atoms with E-state index in [1.54, 1.807) is 47.2 Å². The molecular weight excluding hydrogens is 468 g/mol. The highest BCUT2D eigenvalue weighted by atomic mass is 16.6. The Hall–Kier alpha value is -3.87. The summed E-state index contributed by atoms with van der Waals surface area (Å²) in [6, 6.07) is 10.7. The molecule has 7 rings (SSSR count). The maximum absolute atomic E-state index is 13.1. The minimum absolute atomic E-state index is 0.201. The zero-order valence-electron chi connectivity index (χ0n) is 18.5. The van der Waals surface area contributed by atoms with E-state index in [9.17, 15) is 30.0 Å². The predicted octanol–water partition coefficient (Wildman–Crippen LogP) is 0.680. The Balaban J connectivity index is 1.70. The molecule has 5 aromatic rings. The number of pyridine rings is 1. The van der Waals surface area contributed by atoms with Crippen molar-refractivity contribution in [2.75, 3.05) is 6.61 Å². The molecule has 5 heterocycles. The number of aromatic amines is 1. The Bertz CT molecular complexity index is 1750. The molecule has 182 valence electrons. The first-order valence-electron chi connectivity index (χ1n) is 11.4. The molecule has 2 aliphatic rings. The number of aliphatic hydroxyl groups is 4. The molecule has 2 aromatic carbocycles. The number of rotatable bonds is 2. The molecule has 3 aromatic heterocycles. The number of amides is 2. The van der Waals surface area contributed by atoms with Crippen LogP contribution in [0.1, 0.15) is 26.9 Å². The standard InChI is InChI=1S/C25H20N4O7/c30-8-12-19(31)20(32)21(33)25(36-12)29-11-6-2-1-4-9(11)14-16-15(23(34)28-24(16)35)13-10-5-3-7-26-22(10)27-17(13)18(14)29/h1-7,12,19-21,25,30-33H,8H2,(H,26,27)(H,28,34,35)/t12-,19-,20+,21-,25?/m1/s1. The molecule has 1 fully saturated rings. The number of para-hydroxylation sites is 1. The van der Waals surface area contributed by atoms with Gasteiger partial charge >= 0.3 is 0 Å². The lowest BCUT2D eigenvalue weighted by Crippen LogP contribution is -2.56. The molecule has 11 heteroatoms. The van der Waals surface area contributed by atoms with E-state index in [0.29, 0.717) is 43.7 Å². The summed E-state index contributed by atoms with van der Waals surface area (Å²) in [6.07, 6.45) is -5.46. The van der Waals surface area contributed by atoms with Crippen LogP contribution in [0.25, 0.3) is 43.7 Å². The number of aliphatic hydroxyl groups excluding tert-OH is 4. The number of nitrogens with zero attached hydrogens (tertiary/aromatic N) is 2. The van der Waals surface area contributed by atoms with Crippen LogP contribution in [0, 0.1) is 0 Å². The van der Waals surface area contributed by atoms with Crippen LogP contribution in [0.3, 0.4) is 0 Å². The minimum Gasteiger partial charge on any atom is -0.394 e. The van der Waals surface area contributed by atoms with E-state index < -0.39 is 49.1 Å². The first-order valence-corrected chi connectivity index (χ1v) is 11.4. The Morgan fingerprint density at radius 2 is 1.64 bits per heavy atom. The fraction of sp³-hybridized carbons (Fsp3) is 0.240. The lowest BCUT2D eigenvalue weighted by molar-refractivity contribution is -0.249. The highest BCUT2D eigenvalue weighted by Crippen LogP contribution is 2.45. The van der Waals surface area contributed by atoms with Crippen molar-refractivity contribution in [3.05, 3.63) is 53.7 Å². The molecule has 5 atom stereocenters. The fourth-order valence-corrected chi connectivity index (χ4v) is 5.71. The van der Waals surface area contributed by atoms with Crippen molar-refractivity contribution < 1.29 is 34.8 Å². The van der Waals surface area contributed by atoms with Crippen molar-refractivity contribution in [1.82, 2.24) is 19.9 Å². The molecule has 1 saturated heterocycles. The molecule has 0 spiro atoms. The predicted molar refractivity (Wildman–Crippen MR) is 127 cm³/mol. The van der Waals surface area contributed by atoms with Gasteiger partial charge < -0.3 is 34.7 Å². The number of ether oxygens (including phenoxy) is 1.